The summed E-state index contributed by atoms with van der Waals surface area (Å²) in [5.74, 6) is 0. The molecule has 0 aromatic rings. The average molecular weight is 215 g/mol. The normalized spacial score (nSPS) is 26.2. The van der Waals surface area contributed by atoms with Crippen LogP contribution in [0.3, 0.4) is 0 Å². The van der Waals surface area contributed by atoms with E-state index in [1.807, 2.05) is 0 Å². The number of nitrogens with zero attached hydrogens (tertiary/aromatic N) is 3. The van der Waals surface area contributed by atoms with Crippen LogP contribution in [-0.2, 0) is 0 Å². The minimum atomic E-state index is 0.472. The van der Waals surface area contributed by atoms with Crippen LogP contribution in [-0.4, -0.2) is 60.8 Å². The fourth-order valence-electron chi connectivity index (χ4n) is 2.74. The Morgan fingerprint density at radius 3 is 1.00 bits per heavy atom. The van der Waals surface area contributed by atoms with Crippen LogP contribution in [0.25, 0.3) is 0 Å². The molecule has 16 heavy (non-hydrogen) atoms. The van der Waals surface area contributed by atoms with E-state index >= 15 is 0 Å². The van der Waals surface area contributed by atoms with Gasteiger partial charge in [0.2, 0.25) is 0 Å². The maximum atomic E-state index is 2.54. The lowest BCUT2D eigenvalue weighted by atomic mass is 9.84. The molecule has 3 heterocycles. The smallest absolute Gasteiger partial charge is 0.307 e. The summed E-state index contributed by atoms with van der Waals surface area (Å²) in [6, 6.07) is 0. The first kappa shape index (κ1) is 10.3. The molecular weight excluding hydrogens is 197 g/mol. The lowest BCUT2D eigenvalue weighted by Gasteiger charge is -2.37. The predicted molar refractivity (Wildman–Crippen MR) is 67.9 cm³/mol. The summed E-state index contributed by atoms with van der Waals surface area (Å²) in [7, 11) is 0.472. The van der Waals surface area contributed by atoms with E-state index in [2.05, 4.69) is 50.9 Å². The third-order valence-electron chi connectivity index (χ3n) is 3.52. The molecule has 0 bridgehead atoms. The summed E-state index contributed by atoms with van der Waals surface area (Å²) < 4.78 is 0. The lowest BCUT2D eigenvalue weighted by molar-refractivity contribution is 0.352. The standard InChI is InChI=1S/C12H18BN3/c1-2-8-14(7-1)13(15-9-3-4-10-15)16-11-5-6-12-16/h1-6H,7-12H2. The van der Waals surface area contributed by atoms with Gasteiger partial charge in [0, 0.05) is 39.3 Å². The first-order valence-electron chi connectivity index (χ1n) is 6.12. The zero-order chi connectivity index (χ0) is 10.8. The van der Waals surface area contributed by atoms with Crippen molar-refractivity contribution in [1.29, 1.82) is 0 Å². The van der Waals surface area contributed by atoms with Gasteiger partial charge in [-0.15, -0.1) is 0 Å². The van der Waals surface area contributed by atoms with Gasteiger partial charge in [-0.3, -0.25) is 0 Å². The summed E-state index contributed by atoms with van der Waals surface area (Å²) in [6.45, 7) is 6.57. The summed E-state index contributed by atoms with van der Waals surface area (Å²) in [6.07, 6.45) is 13.7. The molecular formula is C12H18BN3. The van der Waals surface area contributed by atoms with Crippen LogP contribution < -0.4 is 0 Å². The van der Waals surface area contributed by atoms with Gasteiger partial charge in [0.05, 0.1) is 0 Å². The highest BCUT2D eigenvalue weighted by Crippen LogP contribution is 2.16. The Kier molecular flexibility index (Phi) is 2.95. The largest absolute Gasteiger partial charge is 0.404 e. The maximum Gasteiger partial charge on any atom is 0.404 e. The molecule has 84 valence electrons. The molecule has 0 saturated carbocycles. The zero-order valence-electron chi connectivity index (χ0n) is 9.63. The first-order chi connectivity index (χ1) is 7.95. The van der Waals surface area contributed by atoms with Gasteiger partial charge < -0.3 is 14.4 Å². The monoisotopic (exact) mass is 215 g/mol. The molecule has 0 fully saturated rings. The molecule has 0 N–H and O–H groups in total. The van der Waals surface area contributed by atoms with Crippen LogP contribution >= 0.6 is 0 Å². The van der Waals surface area contributed by atoms with Crippen molar-refractivity contribution in [3.8, 4) is 0 Å². The molecule has 3 aliphatic rings. The quantitative estimate of drug-likeness (QED) is 0.504. The Labute approximate surface area is 97.8 Å². The second-order valence-corrected chi connectivity index (χ2v) is 4.62. The molecule has 0 aromatic carbocycles. The van der Waals surface area contributed by atoms with Gasteiger partial charge in [0.25, 0.3) is 0 Å². The van der Waals surface area contributed by atoms with Crippen molar-refractivity contribution < 1.29 is 0 Å². The van der Waals surface area contributed by atoms with Crippen LogP contribution in [0, 0.1) is 0 Å². The van der Waals surface area contributed by atoms with Crippen molar-refractivity contribution in [2.45, 2.75) is 0 Å². The third-order valence-corrected chi connectivity index (χ3v) is 3.52. The Balaban J connectivity index is 1.71. The van der Waals surface area contributed by atoms with Gasteiger partial charge in [-0.2, -0.15) is 0 Å². The van der Waals surface area contributed by atoms with Crippen LogP contribution in [0.15, 0.2) is 36.5 Å². The topological polar surface area (TPSA) is 9.72 Å². The molecule has 0 atom stereocenters. The van der Waals surface area contributed by atoms with Crippen LogP contribution in [0.2, 0.25) is 0 Å². The number of hydrogen-bond acceptors (Lipinski definition) is 3. The van der Waals surface area contributed by atoms with Crippen molar-refractivity contribution in [2.75, 3.05) is 39.3 Å². The molecule has 3 rings (SSSR count). The Morgan fingerprint density at radius 2 is 0.750 bits per heavy atom. The maximum absolute atomic E-state index is 2.54. The van der Waals surface area contributed by atoms with E-state index < -0.39 is 0 Å². The molecule has 3 nitrogen and oxygen atoms in total. The van der Waals surface area contributed by atoms with Crippen LogP contribution in [0.5, 0.6) is 0 Å². The van der Waals surface area contributed by atoms with Gasteiger partial charge in [-0.25, -0.2) is 0 Å². The minimum absolute atomic E-state index is 0.472. The van der Waals surface area contributed by atoms with Gasteiger partial charge in [-0.05, 0) is 0 Å². The Bertz CT molecular complexity index is 261. The highest BCUT2D eigenvalue weighted by Gasteiger charge is 2.37. The predicted octanol–water partition coefficient (Wildman–Crippen LogP) is 0.587. The average Bonchev–Trinajstić information content (AvgIpc) is 3.02. The first-order valence-corrected chi connectivity index (χ1v) is 6.12. The molecule has 0 aromatic heterocycles. The molecule has 0 spiro atoms. The summed E-state index contributed by atoms with van der Waals surface area (Å²) in [5, 5.41) is 0. The van der Waals surface area contributed by atoms with Crippen LogP contribution in [0.4, 0.5) is 0 Å². The van der Waals surface area contributed by atoms with Crippen molar-refractivity contribution >= 4 is 7.12 Å². The Hall–Kier alpha value is -0.835. The zero-order valence-corrected chi connectivity index (χ0v) is 9.63. The lowest BCUT2D eigenvalue weighted by Crippen LogP contribution is -2.61. The van der Waals surface area contributed by atoms with E-state index in [0.717, 1.165) is 39.3 Å². The second kappa shape index (κ2) is 4.57. The van der Waals surface area contributed by atoms with E-state index in [-0.39, 0.29) is 0 Å². The van der Waals surface area contributed by atoms with Gasteiger partial charge in [0.1, 0.15) is 0 Å². The summed E-state index contributed by atoms with van der Waals surface area (Å²) >= 11 is 0. The van der Waals surface area contributed by atoms with E-state index in [1.54, 1.807) is 0 Å². The molecule has 0 radical (unpaired) electrons. The summed E-state index contributed by atoms with van der Waals surface area (Å²) in [4.78, 5) is 7.63. The molecule has 0 saturated heterocycles. The fourth-order valence-corrected chi connectivity index (χ4v) is 2.74. The number of rotatable bonds is 3. The van der Waals surface area contributed by atoms with Gasteiger partial charge >= 0.3 is 7.12 Å². The minimum Gasteiger partial charge on any atom is -0.307 e. The summed E-state index contributed by atoms with van der Waals surface area (Å²) in [5.41, 5.74) is 0. The SMILES string of the molecule is C1=CCN(B(N2CC=CC2)N2CC=CC2)C1. The van der Waals surface area contributed by atoms with Crippen LogP contribution in [0.1, 0.15) is 0 Å². The van der Waals surface area contributed by atoms with E-state index in [0.29, 0.717) is 7.12 Å². The fraction of sp³-hybridized carbons (Fsp3) is 0.500. The van der Waals surface area contributed by atoms with E-state index in [9.17, 15) is 0 Å². The third kappa shape index (κ3) is 1.88. The molecule has 3 aliphatic heterocycles. The van der Waals surface area contributed by atoms with E-state index in [1.165, 1.54) is 0 Å². The van der Waals surface area contributed by atoms with Crippen molar-refractivity contribution in [1.82, 2.24) is 14.4 Å². The number of hydrogen-bond donors (Lipinski definition) is 0. The van der Waals surface area contributed by atoms with E-state index in [4.69, 9.17) is 0 Å². The molecule has 0 unspecified atom stereocenters. The molecule has 4 heteroatoms. The highest BCUT2D eigenvalue weighted by molar-refractivity contribution is 6.50. The van der Waals surface area contributed by atoms with Crippen molar-refractivity contribution in [3.05, 3.63) is 36.5 Å². The van der Waals surface area contributed by atoms with Gasteiger partial charge in [0.15, 0.2) is 0 Å². The van der Waals surface area contributed by atoms with Crippen molar-refractivity contribution in [3.63, 3.8) is 0 Å². The molecule has 0 aliphatic carbocycles. The van der Waals surface area contributed by atoms with Crippen molar-refractivity contribution in [2.24, 2.45) is 0 Å². The Morgan fingerprint density at radius 1 is 0.500 bits per heavy atom. The van der Waals surface area contributed by atoms with Gasteiger partial charge in [-0.1, -0.05) is 36.5 Å². The molecule has 0 amide bonds. The second-order valence-electron chi connectivity index (χ2n) is 4.62. The highest BCUT2D eigenvalue weighted by atomic mass is 15.4.